The minimum Gasteiger partial charge on any atom is -0.433 e. The van der Waals surface area contributed by atoms with E-state index in [1.807, 2.05) is 10.9 Å². The van der Waals surface area contributed by atoms with Crippen LogP contribution in [0.1, 0.15) is 32.2 Å². The average molecular weight is 390 g/mol. The molecule has 0 saturated heterocycles. The van der Waals surface area contributed by atoms with E-state index >= 15 is 0 Å². The average Bonchev–Trinajstić information content (AvgIpc) is 2.99. The van der Waals surface area contributed by atoms with Crippen LogP contribution in [0.15, 0.2) is 47.5 Å². The molecule has 0 amide bonds. The van der Waals surface area contributed by atoms with Crippen molar-refractivity contribution in [3.63, 3.8) is 0 Å². The Hall–Kier alpha value is -2.15. The van der Waals surface area contributed by atoms with Crippen molar-refractivity contribution in [3.8, 4) is 11.6 Å². The highest BCUT2D eigenvalue weighted by atomic mass is 79.9. The van der Waals surface area contributed by atoms with Crippen LogP contribution >= 0.6 is 15.9 Å². The molecular weight excluding hydrogens is 370 g/mol. The number of nitrogens with zero attached hydrogens (tertiary/aromatic N) is 4. The fourth-order valence-electron chi connectivity index (χ4n) is 2.59. The van der Waals surface area contributed by atoms with Gasteiger partial charge in [0.05, 0.1) is 24.6 Å². The predicted octanol–water partition coefficient (Wildman–Crippen LogP) is 4.28. The third kappa shape index (κ3) is 4.03. The standard InChI is InChI=1S/C17H20BrN5O/c1-2-12-5-3-7-13(8-4-6-12)23-11-14(9-21-23)24-17-16(19)20-10-15(18)22-17/h3-6,9-13H,2,7-8H2,1H3,(H2,19,20)/b5-3-,6-4-. The number of nitrogens with two attached hydrogens (primary N) is 1. The highest BCUT2D eigenvalue weighted by molar-refractivity contribution is 9.10. The molecule has 2 heterocycles. The Kier molecular flexibility index (Phi) is 5.30. The Morgan fingerprint density at radius 3 is 2.75 bits per heavy atom. The van der Waals surface area contributed by atoms with Gasteiger partial charge in [0.15, 0.2) is 11.6 Å². The van der Waals surface area contributed by atoms with Crippen LogP contribution < -0.4 is 10.5 Å². The lowest BCUT2D eigenvalue weighted by Crippen LogP contribution is -2.09. The summed E-state index contributed by atoms with van der Waals surface area (Å²) >= 11 is 3.26. The zero-order valence-electron chi connectivity index (χ0n) is 13.5. The van der Waals surface area contributed by atoms with E-state index in [2.05, 4.69) is 62.2 Å². The Balaban J connectivity index is 1.71. The molecule has 1 aliphatic rings. The van der Waals surface area contributed by atoms with E-state index in [1.54, 1.807) is 6.20 Å². The molecule has 7 heteroatoms. The van der Waals surface area contributed by atoms with Gasteiger partial charge in [0, 0.05) is 0 Å². The second-order valence-corrected chi connectivity index (χ2v) is 6.51. The molecule has 6 nitrogen and oxygen atoms in total. The molecule has 2 aromatic rings. The van der Waals surface area contributed by atoms with E-state index in [0.717, 1.165) is 19.3 Å². The topological polar surface area (TPSA) is 78.8 Å². The smallest absolute Gasteiger partial charge is 0.263 e. The van der Waals surface area contributed by atoms with E-state index in [4.69, 9.17) is 10.5 Å². The Bertz CT molecular complexity index is 739. The van der Waals surface area contributed by atoms with Gasteiger partial charge >= 0.3 is 0 Å². The van der Waals surface area contributed by atoms with Crippen molar-refractivity contribution in [3.05, 3.63) is 47.5 Å². The SMILES string of the molecule is CCC1/C=C\CC(n2cc(Oc3nc(Br)cnc3N)cn2)C/C=C\1. The van der Waals surface area contributed by atoms with Gasteiger partial charge in [-0.2, -0.15) is 5.10 Å². The minimum atomic E-state index is 0.244. The molecule has 0 radical (unpaired) electrons. The van der Waals surface area contributed by atoms with E-state index in [1.165, 1.54) is 6.20 Å². The number of rotatable bonds is 4. The number of halogens is 1. The maximum Gasteiger partial charge on any atom is 0.263 e. The van der Waals surface area contributed by atoms with Gasteiger partial charge in [0.2, 0.25) is 0 Å². The maximum atomic E-state index is 5.79. The second-order valence-electron chi connectivity index (χ2n) is 5.69. The van der Waals surface area contributed by atoms with Crippen molar-refractivity contribution in [2.75, 3.05) is 5.73 Å². The van der Waals surface area contributed by atoms with E-state index in [-0.39, 0.29) is 17.7 Å². The molecule has 2 aromatic heterocycles. The quantitative estimate of drug-likeness (QED) is 0.789. The summed E-state index contributed by atoms with van der Waals surface area (Å²) < 4.78 is 8.20. The zero-order valence-corrected chi connectivity index (χ0v) is 15.1. The van der Waals surface area contributed by atoms with Crippen LogP contribution in [0.25, 0.3) is 0 Å². The summed E-state index contributed by atoms with van der Waals surface area (Å²) in [4.78, 5) is 8.19. The normalized spacial score (nSPS) is 23.2. The molecule has 126 valence electrons. The number of ether oxygens (including phenoxy) is 1. The first-order valence-corrected chi connectivity index (χ1v) is 8.78. The van der Waals surface area contributed by atoms with E-state index < -0.39 is 0 Å². The molecular formula is C17H20BrN5O. The summed E-state index contributed by atoms with van der Waals surface area (Å²) in [7, 11) is 0. The Morgan fingerprint density at radius 2 is 2.04 bits per heavy atom. The summed E-state index contributed by atoms with van der Waals surface area (Å²) in [5.74, 6) is 1.65. The van der Waals surface area contributed by atoms with E-state index in [9.17, 15) is 0 Å². The molecule has 0 atom stereocenters. The number of nitrogen functional groups attached to an aromatic ring is 1. The first kappa shape index (κ1) is 16.7. The van der Waals surface area contributed by atoms with Crippen molar-refractivity contribution >= 4 is 21.7 Å². The monoisotopic (exact) mass is 389 g/mol. The molecule has 0 aliphatic heterocycles. The first-order chi connectivity index (χ1) is 11.7. The third-order valence-electron chi connectivity index (χ3n) is 3.96. The van der Waals surface area contributed by atoms with Crippen molar-refractivity contribution in [1.82, 2.24) is 19.7 Å². The first-order valence-electron chi connectivity index (χ1n) is 7.99. The van der Waals surface area contributed by atoms with Crippen LogP contribution in [0.3, 0.4) is 0 Å². The second kappa shape index (κ2) is 7.61. The van der Waals surface area contributed by atoms with Gasteiger partial charge in [-0.3, -0.25) is 4.68 Å². The lowest BCUT2D eigenvalue weighted by Gasteiger charge is -2.16. The molecule has 2 N–H and O–H groups in total. The van der Waals surface area contributed by atoms with Crippen LogP contribution in [0.2, 0.25) is 0 Å². The summed E-state index contributed by atoms with van der Waals surface area (Å²) in [5, 5.41) is 4.42. The minimum absolute atomic E-state index is 0.244. The van der Waals surface area contributed by atoms with Crippen molar-refractivity contribution in [2.45, 2.75) is 32.2 Å². The molecule has 1 aliphatic carbocycles. The number of anilines is 1. The van der Waals surface area contributed by atoms with Crippen LogP contribution in [-0.4, -0.2) is 19.7 Å². The summed E-state index contributed by atoms with van der Waals surface area (Å²) in [5.41, 5.74) is 5.79. The lowest BCUT2D eigenvalue weighted by molar-refractivity contribution is 0.444. The fourth-order valence-corrected chi connectivity index (χ4v) is 2.85. The molecule has 3 rings (SSSR count). The highest BCUT2D eigenvalue weighted by Gasteiger charge is 2.14. The van der Waals surface area contributed by atoms with Crippen molar-refractivity contribution < 1.29 is 4.74 Å². The van der Waals surface area contributed by atoms with Crippen LogP contribution in [0.4, 0.5) is 5.82 Å². The van der Waals surface area contributed by atoms with E-state index in [0.29, 0.717) is 16.3 Å². The molecule has 0 aromatic carbocycles. The molecule has 24 heavy (non-hydrogen) atoms. The fraction of sp³-hybridized carbons (Fsp3) is 0.353. The van der Waals surface area contributed by atoms with Gasteiger partial charge in [-0.15, -0.1) is 0 Å². The van der Waals surface area contributed by atoms with Crippen molar-refractivity contribution in [2.24, 2.45) is 5.92 Å². The summed E-state index contributed by atoms with van der Waals surface area (Å²) in [6.45, 7) is 2.20. The van der Waals surface area contributed by atoms with Gasteiger partial charge in [0.25, 0.3) is 5.88 Å². The molecule has 0 unspecified atom stereocenters. The van der Waals surface area contributed by atoms with Crippen LogP contribution in [-0.2, 0) is 0 Å². The van der Waals surface area contributed by atoms with Gasteiger partial charge < -0.3 is 10.5 Å². The van der Waals surface area contributed by atoms with Crippen LogP contribution in [0, 0.1) is 5.92 Å². The Morgan fingerprint density at radius 1 is 1.29 bits per heavy atom. The number of hydrogen-bond acceptors (Lipinski definition) is 5. The zero-order chi connectivity index (χ0) is 16.9. The third-order valence-corrected chi connectivity index (χ3v) is 4.34. The van der Waals surface area contributed by atoms with Crippen molar-refractivity contribution in [1.29, 1.82) is 0 Å². The number of hydrogen-bond donors (Lipinski definition) is 1. The number of allylic oxidation sites excluding steroid dienone is 4. The predicted molar refractivity (Wildman–Crippen MR) is 96.8 cm³/mol. The largest absolute Gasteiger partial charge is 0.433 e. The summed E-state index contributed by atoms with van der Waals surface area (Å²) in [6, 6.07) is 0.276. The molecule has 0 bridgehead atoms. The lowest BCUT2D eigenvalue weighted by atomic mass is 9.99. The van der Waals surface area contributed by atoms with Gasteiger partial charge in [0.1, 0.15) is 4.60 Å². The Labute approximate surface area is 149 Å². The molecule has 0 spiro atoms. The van der Waals surface area contributed by atoms with Crippen LogP contribution in [0.5, 0.6) is 11.6 Å². The number of aromatic nitrogens is 4. The van der Waals surface area contributed by atoms with Gasteiger partial charge in [-0.1, -0.05) is 31.2 Å². The highest BCUT2D eigenvalue weighted by Crippen LogP contribution is 2.27. The van der Waals surface area contributed by atoms with Gasteiger partial charge in [-0.05, 0) is 41.1 Å². The van der Waals surface area contributed by atoms with Gasteiger partial charge in [-0.25, -0.2) is 9.97 Å². The maximum absolute atomic E-state index is 5.79. The molecule has 0 saturated carbocycles. The molecule has 0 fully saturated rings. The summed E-state index contributed by atoms with van der Waals surface area (Å²) in [6.07, 6.45) is 17.1.